The van der Waals surface area contributed by atoms with Crippen LogP contribution in [0.4, 0.5) is 0 Å². The van der Waals surface area contributed by atoms with E-state index in [9.17, 15) is 0 Å². The Morgan fingerprint density at radius 2 is 2.11 bits per heavy atom. The molecule has 0 aromatic heterocycles. The van der Waals surface area contributed by atoms with Crippen LogP contribution in [0.5, 0.6) is 0 Å². The summed E-state index contributed by atoms with van der Waals surface area (Å²) in [7, 11) is 0. The molecule has 18 heavy (non-hydrogen) atoms. The first kappa shape index (κ1) is 12.2. The summed E-state index contributed by atoms with van der Waals surface area (Å²) in [4.78, 5) is 2.64. The maximum Gasteiger partial charge on any atom is 0.0236 e. The highest BCUT2D eigenvalue weighted by Gasteiger charge is 2.18. The summed E-state index contributed by atoms with van der Waals surface area (Å²) in [6.45, 7) is 6.16. The van der Waals surface area contributed by atoms with Crippen molar-refractivity contribution in [3.63, 3.8) is 0 Å². The third-order valence-electron chi connectivity index (χ3n) is 4.46. The highest BCUT2D eigenvalue weighted by Crippen LogP contribution is 2.20. The first-order valence-electron chi connectivity index (χ1n) is 7.41. The maximum atomic E-state index is 3.52. The van der Waals surface area contributed by atoms with Crippen molar-refractivity contribution < 1.29 is 0 Å². The average molecular weight is 244 g/mol. The van der Waals surface area contributed by atoms with Crippen LogP contribution in [0.15, 0.2) is 24.3 Å². The third kappa shape index (κ3) is 2.93. The van der Waals surface area contributed by atoms with Gasteiger partial charge in [-0.1, -0.05) is 24.3 Å². The quantitative estimate of drug-likeness (QED) is 0.878. The number of rotatable bonds is 3. The van der Waals surface area contributed by atoms with E-state index in [1.807, 2.05) is 0 Å². The van der Waals surface area contributed by atoms with Crippen molar-refractivity contribution in [1.29, 1.82) is 0 Å². The van der Waals surface area contributed by atoms with Gasteiger partial charge in [-0.15, -0.1) is 0 Å². The fourth-order valence-corrected chi connectivity index (χ4v) is 3.28. The van der Waals surface area contributed by atoms with Crippen molar-refractivity contribution >= 4 is 0 Å². The van der Waals surface area contributed by atoms with Crippen molar-refractivity contribution in [1.82, 2.24) is 10.2 Å². The first-order valence-corrected chi connectivity index (χ1v) is 7.41. The van der Waals surface area contributed by atoms with Gasteiger partial charge in [0.15, 0.2) is 0 Å². The van der Waals surface area contributed by atoms with Gasteiger partial charge in [-0.05, 0) is 62.4 Å². The second-order valence-electron chi connectivity index (χ2n) is 5.80. The molecule has 0 amide bonds. The van der Waals surface area contributed by atoms with Crippen molar-refractivity contribution in [2.45, 2.75) is 32.2 Å². The predicted octanol–water partition coefficient (Wildman–Crippen LogP) is 2.43. The molecule has 1 atom stereocenters. The van der Waals surface area contributed by atoms with Gasteiger partial charge in [-0.2, -0.15) is 0 Å². The summed E-state index contributed by atoms with van der Waals surface area (Å²) in [5.41, 5.74) is 3.11. The Labute approximate surface area is 110 Å². The Kier molecular flexibility index (Phi) is 3.96. The molecule has 2 heteroatoms. The van der Waals surface area contributed by atoms with Gasteiger partial charge in [0.1, 0.15) is 0 Å². The SMILES string of the molecule is c1ccc2c(c1)CCN(CC[C@H]1CCCNC1)C2. The summed E-state index contributed by atoms with van der Waals surface area (Å²) >= 11 is 0. The van der Waals surface area contributed by atoms with Crippen molar-refractivity contribution in [3.05, 3.63) is 35.4 Å². The first-order chi connectivity index (χ1) is 8.92. The number of nitrogens with one attached hydrogen (secondary N) is 1. The summed E-state index contributed by atoms with van der Waals surface area (Å²) < 4.78 is 0. The molecule has 0 saturated carbocycles. The van der Waals surface area contributed by atoms with Crippen LogP contribution >= 0.6 is 0 Å². The molecule has 0 radical (unpaired) electrons. The molecule has 0 bridgehead atoms. The molecular weight excluding hydrogens is 220 g/mol. The van der Waals surface area contributed by atoms with E-state index in [-0.39, 0.29) is 0 Å². The van der Waals surface area contributed by atoms with Crippen LogP contribution in [-0.2, 0) is 13.0 Å². The lowest BCUT2D eigenvalue weighted by Gasteiger charge is -2.31. The van der Waals surface area contributed by atoms with E-state index in [2.05, 4.69) is 34.5 Å². The van der Waals surface area contributed by atoms with E-state index in [0.29, 0.717) is 0 Å². The van der Waals surface area contributed by atoms with E-state index in [1.54, 1.807) is 11.1 Å². The Morgan fingerprint density at radius 1 is 1.22 bits per heavy atom. The second kappa shape index (κ2) is 5.85. The molecule has 1 aromatic rings. The molecule has 3 rings (SSSR count). The monoisotopic (exact) mass is 244 g/mol. The molecule has 2 heterocycles. The van der Waals surface area contributed by atoms with Crippen LogP contribution in [0.1, 0.15) is 30.4 Å². The van der Waals surface area contributed by atoms with E-state index >= 15 is 0 Å². The number of benzene rings is 1. The molecule has 1 saturated heterocycles. The largest absolute Gasteiger partial charge is 0.316 e. The fraction of sp³-hybridized carbons (Fsp3) is 0.625. The van der Waals surface area contributed by atoms with Gasteiger partial charge < -0.3 is 5.32 Å². The van der Waals surface area contributed by atoms with Gasteiger partial charge in [0.25, 0.3) is 0 Å². The smallest absolute Gasteiger partial charge is 0.0236 e. The van der Waals surface area contributed by atoms with E-state index in [0.717, 1.165) is 12.5 Å². The summed E-state index contributed by atoms with van der Waals surface area (Å²) in [5, 5.41) is 3.52. The van der Waals surface area contributed by atoms with Gasteiger partial charge >= 0.3 is 0 Å². The van der Waals surface area contributed by atoms with Crippen LogP contribution in [0.2, 0.25) is 0 Å². The maximum absolute atomic E-state index is 3.52. The van der Waals surface area contributed by atoms with Crippen molar-refractivity contribution in [3.8, 4) is 0 Å². The van der Waals surface area contributed by atoms with Gasteiger partial charge in [-0.3, -0.25) is 4.90 Å². The van der Waals surface area contributed by atoms with E-state index in [1.165, 1.54) is 51.9 Å². The zero-order valence-corrected chi connectivity index (χ0v) is 11.2. The minimum atomic E-state index is 0.913. The normalized spacial score (nSPS) is 24.8. The number of nitrogens with zero attached hydrogens (tertiary/aromatic N) is 1. The molecule has 0 spiro atoms. The second-order valence-corrected chi connectivity index (χ2v) is 5.80. The van der Waals surface area contributed by atoms with Crippen LogP contribution in [-0.4, -0.2) is 31.1 Å². The highest BCUT2D eigenvalue weighted by molar-refractivity contribution is 5.28. The average Bonchev–Trinajstić information content (AvgIpc) is 2.46. The van der Waals surface area contributed by atoms with Crippen LogP contribution in [0, 0.1) is 5.92 Å². The molecule has 2 aliphatic heterocycles. The van der Waals surface area contributed by atoms with Crippen LogP contribution < -0.4 is 5.32 Å². The summed E-state index contributed by atoms with van der Waals surface area (Å²) in [6.07, 6.45) is 5.40. The number of hydrogen-bond acceptors (Lipinski definition) is 2. The van der Waals surface area contributed by atoms with Crippen LogP contribution in [0.3, 0.4) is 0 Å². The minimum absolute atomic E-state index is 0.913. The van der Waals surface area contributed by atoms with Crippen molar-refractivity contribution in [2.24, 2.45) is 5.92 Å². The van der Waals surface area contributed by atoms with Gasteiger partial charge in [0.2, 0.25) is 0 Å². The topological polar surface area (TPSA) is 15.3 Å². The zero-order valence-electron chi connectivity index (χ0n) is 11.2. The summed E-state index contributed by atoms with van der Waals surface area (Å²) in [5.74, 6) is 0.913. The number of fused-ring (bicyclic) bond motifs is 1. The molecular formula is C16H24N2. The zero-order chi connectivity index (χ0) is 12.2. The molecule has 2 aliphatic rings. The highest BCUT2D eigenvalue weighted by atomic mass is 15.1. The number of piperidine rings is 1. The number of hydrogen-bond donors (Lipinski definition) is 1. The van der Waals surface area contributed by atoms with Gasteiger partial charge in [0.05, 0.1) is 0 Å². The van der Waals surface area contributed by atoms with Gasteiger partial charge in [0, 0.05) is 13.1 Å². The fourth-order valence-electron chi connectivity index (χ4n) is 3.28. The standard InChI is InChI=1S/C16H24N2/c1-2-6-16-13-18(11-8-15(16)5-1)10-7-14-4-3-9-17-12-14/h1-2,5-6,14,17H,3-4,7-13H2/t14-/m1/s1. The molecule has 1 N–H and O–H groups in total. The predicted molar refractivity (Wildman–Crippen MR) is 75.6 cm³/mol. The molecule has 0 aliphatic carbocycles. The lowest BCUT2D eigenvalue weighted by Crippen LogP contribution is -2.35. The van der Waals surface area contributed by atoms with Gasteiger partial charge in [-0.25, -0.2) is 0 Å². The Balaban J connectivity index is 1.50. The van der Waals surface area contributed by atoms with Crippen molar-refractivity contribution in [2.75, 3.05) is 26.2 Å². The Hall–Kier alpha value is -0.860. The lowest BCUT2D eigenvalue weighted by atomic mass is 9.95. The summed E-state index contributed by atoms with van der Waals surface area (Å²) in [6, 6.07) is 8.93. The Morgan fingerprint density at radius 3 is 2.94 bits per heavy atom. The minimum Gasteiger partial charge on any atom is -0.316 e. The Bertz CT molecular complexity index is 382. The molecule has 0 unspecified atom stereocenters. The van der Waals surface area contributed by atoms with Crippen LogP contribution in [0.25, 0.3) is 0 Å². The molecule has 1 aromatic carbocycles. The third-order valence-corrected chi connectivity index (χ3v) is 4.46. The lowest BCUT2D eigenvalue weighted by molar-refractivity contribution is 0.222. The molecule has 1 fully saturated rings. The molecule has 2 nitrogen and oxygen atoms in total. The molecule has 98 valence electrons. The van der Waals surface area contributed by atoms with E-state index < -0.39 is 0 Å². The van der Waals surface area contributed by atoms with E-state index in [4.69, 9.17) is 0 Å².